The third-order valence-electron chi connectivity index (χ3n) is 4.84. The van der Waals surface area contributed by atoms with Gasteiger partial charge in [0.05, 0.1) is 29.0 Å². The Balaban J connectivity index is 1.51. The first-order valence-corrected chi connectivity index (χ1v) is 11.2. The first-order valence-electron chi connectivity index (χ1n) is 9.73. The lowest BCUT2D eigenvalue weighted by Crippen LogP contribution is -2.16. The number of aryl methyl sites for hydroxylation is 1. The summed E-state index contributed by atoms with van der Waals surface area (Å²) >= 11 is 0. The van der Waals surface area contributed by atoms with Gasteiger partial charge < -0.3 is 13.9 Å². The summed E-state index contributed by atoms with van der Waals surface area (Å²) in [6.07, 6.45) is 3.65. The van der Waals surface area contributed by atoms with Crippen LogP contribution in [0.25, 0.3) is 5.65 Å². The summed E-state index contributed by atoms with van der Waals surface area (Å²) in [5.74, 6) is -0.123. The van der Waals surface area contributed by atoms with E-state index in [0.29, 0.717) is 11.4 Å². The van der Waals surface area contributed by atoms with Crippen molar-refractivity contribution in [3.63, 3.8) is 0 Å². The molecule has 0 saturated carbocycles. The van der Waals surface area contributed by atoms with E-state index in [0.717, 1.165) is 11.2 Å². The fourth-order valence-electron chi connectivity index (χ4n) is 3.20. The second kappa shape index (κ2) is 8.72. The number of ether oxygens (including phenoxy) is 2. The monoisotopic (exact) mass is 451 g/mol. The van der Waals surface area contributed by atoms with Crippen LogP contribution in [-0.2, 0) is 21.4 Å². The number of rotatable bonds is 7. The third kappa shape index (κ3) is 4.42. The zero-order chi connectivity index (χ0) is 22.7. The summed E-state index contributed by atoms with van der Waals surface area (Å²) in [6.45, 7) is 1.91. The highest BCUT2D eigenvalue weighted by Gasteiger charge is 2.20. The molecular weight excluding hydrogens is 430 g/mol. The van der Waals surface area contributed by atoms with E-state index >= 15 is 0 Å². The Kier molecular flexibility index (Phi) is 5.83. The van der Waals surface area contributed by atoms with Crippen molar-refractivity contribution in [3.8, 4) is 5.75 Å². The molecule has 32 heavy (non-hydrogen) atoms. The Hall–Kier alpha value is -3.85. The van der Waals surface area contributed by atoms with Gasteiger partial charge in [0, 0.05) is 12.4 Å². The van der Waals surface area contributed by atoms with Crippen LogP contribution < -0.4 is 9.46 Å². The first kappa shape index (κ1) is 21.4. The van der Waals surface area contributed by atoms with Gasteiger partial charge in [0.1, 0.15) is 18.0 Å². The molecule has 2 aromatic carbocycles. The number of carbonyl (C=O) groups excluding carboxylic acids is 1. The number of pyridine rings is 1. The summed E-state index contributed by atoms with van der Waals surface area (Å²) < 4.78 is 40.3. The molecule has 0 atom stereocenters. The van der Waals surface area contributed by atoms with Crippen molar-refractivity contribution in [3.05, 3.63) is 89.9 Å². The normalized spacial score (nSPS) is 11.3. The van der Waals surface area contributed by atoms with Gasteiger partial charge in [-0.15, -0.1) is 0 Å². The standard InChI is InChI=1S/C23H21N3O5S/c1-16-6-5-13-26-14-17(24-22(16)26)15-31-23(27)20-7-3-4-8-21(20)25-32(28,29)19-11-9-18(30-2)10-12-19/h3-14,25H,15H2,1-2H3. The highest BCUT2D eigenvalue weighted by molar-refractivity contribution is 7.92. The molecule has 1 N–H and O–H groups in total. The number of aromatic nitrogens is 2. The third-order valence-corrected chi connectivity index (χ3v) is 6.22. The Bertz CT molecular complexity index is 1380. The zero-order valence-electron chi connectivity index (χ0n) is 17.5. The molecule has 4 rings (SSSR count). The van der Waals surface area contributed by atoms with Crippen molar-refractivity contribution >= 4 is 27.3 Å². The number of anilines is 1. The Labute approximate surface area is 185 Å². The molecule has 0 fully saturated rings. The van der Waals surface area contributed by atoms with Crippen molar-refractivity contribution in [1.29, 1.82) is 0 Å². The lowest BCUT2D eigenvalue weighted by Gasteiger charge is -2.12. The minimum atomic E-state index is -3.91. The van der Waals surface area contributed by atoms with Crippen LogP contribution >= 0.6 is 0 Å². The zero-order valence-corrected chi connectivity index (χ0v) is 18.3. The number of hydrogen-bond donors (Lipinski definition) is 1. The van der Waals surface area contributed by atoms with Crippen molar-refractivity contribution in [2.75, 3.05) is 11.8 Å². The lowest BCUT2D eigenvalue weighted by atomic mass is 10.2. The molecule has 0 aliphatic rings. The van der Waals surface area contributed by atoms with E-state index in [1.807, 2.05) is 29.7 Å². The molecule has 9 heteroatoms. The van der Waals surface area contributed by atoms with Crippen LogP contribution in [0.2, 0.25) is 0 Å². The SMILES string of the molecule is COc1ccc(S(=O)(=O)Nc2ccccc2C(=O)OCc2cn3cccc(C)c3n2)cc1. The van der Waals surface area contributed by atoms with E-state index in [2.05, 4.69) is 9.71 Å². The van der Waals surface area contributed by atoms with Crippen LogP contribution in [-0.4, -0.2) is 30.9 Å². The average Bonchev–Trinajstić information content (AvgIpc) is 3.22. The van der Waals surface area contributed by atoms with Crippen LogP contribution in [0.4, 0.5) is 5.69 Å². The highest BCUT2D eigenvalue weighted by atomic mass is 32.2. The quantitative estimate of drug-likeness (QED) is 0.429. The van der Waals surface area contributed by atoms with Gasteiger partial charge in [-0.1, -0.05) is 18.2 Å². The smallest absolute Gasteiger partial charge is 0.340 e. The molecular formula is C23H21N3O5S. The van der Waals surface area contributed by atoms with E-state index < -0.39 is 16.0 Å². The molecule has 4 aromatic rings. The molecule has 164 valence electrons. The minimum absolute atomic E-state index is 0.0421. The lowest BCUT2D eigenvalue weighted by molar-refractivity contribution is 0.0469. The van der Waals surface area contributed by atoms with Gasteiger partial charge in [0.25, 0.3) is 10.0 Å². The predicted octanol–water partition coefficient (Wildman–Crippen LogP) is 3.81. The number of methoxy groups -OCH3 is 1. The van der Waals surface area contributed by atoms with Crippen LogP contribution in [0.15, 0.2) is 78.0 Å². The number of esters is 1. The molecule has 2 heterocycles. The molecule has 0 saturated heterocycles. The molecule has 8 nitrogen and oxygen atoms in total. The largest absolute Gasteiger partial charge is 0.497 e. The molecule has 0 radical (unpaired) electrons. The maximum Gasteiger partial charge on any atom is 0.340 e. The molecule has 0 aliphatic carbocycles. The van der Waals surface area contributed by atoms with Crippen LogP contribution in [0.1, 0.15) is 21.6 Å². The van der Waals surface area contributed by atoms with Crippen molar-refractivity contribution in [2.45, 2.75) is 18.4 Å². The maximum atomic E-state index is 12.8. The number of benzene rings is 2. The van der Waals surface area contributed by atoms with E-state index in [4.69, 9.17) is 9.47 Å². The van der Waals surface area contributed by atoms with E-state index in [1.54, 1.807) is 30.5 Å². The van der Waals surface area contributed by atoms with Crippen LogP contribution in [0, 0.1) is 6.92 Å². The van der Waals surface area contributed by atoms with Crippen molar-refractivity contribution in [1.82, 2.24) is 9.38 Å². The number of para-hydroxylation sites is 1. The number of sulfonamides is 1. The maximum absolute atomic E-state index is 12.8. The molecule has 0 bridgehead atoms. The molecule has 2 aromatic heterocycles. The Morgan fingerprint density at radius 3 is 2.53 bits per heavy atom. The highest BCUT2D eigenvalue weighted by Crippen LogP contribution is 2.23. The number of imidazole rings is 1. The predicted molar refractivity (Wildman–Crippen MR) is 119 cm³/mol. The van der Waals surface area contributed by atoms with Crippen LogP contribution in [0.5, 0.6) is 5.75 Å². The number of fused-ring (bicyclic) bond motifs is 1. The van der Waals surface area contributed by atoms with Gasteiger partial charge in [-0.2, -0.15) is 0 Å². The topological polar surface area (TPSA) is 99.0 Å². The second-order valence-corrected chi connectivity index (χ2v) is 8.74. The summed E-state index contributed by atoms with van der Waals surface area (Å²) in [4.78, 5) is 17.2. The summed E-state index contributed by atoms with van der Waals surface area (Å²) in [6, 6.07) is 16.1. The van der Waals surface area contributed by atoms with Crippen LogP contribution in [0.3, 0.4) is 0 Å². The molecule has 0 unspecified atom stereocenters. The van der Waals surface area contributed by atoms with Crippen molar-refractivity contribution in [2.24, 2.45) is 0 Å². The van der Waals surface area contributed by atoms with Gasteiger partial charge in [0.15, 0.2) is 0 Å². The van der Waals surface area contributed by atoms with Gasteiger partial charge in [-0.05, 0) is 55.0 Å². The van der Waals surface area contributed by atoms with E-state index in [9.17, 15) is 13.2 Å². The molecule has 0 spiro atoms. The first-order chi connectivity index (χ1) is 15.4. The second-order valence-electron chi connectivity index (χ2n) is 7.06. The Morgan fingerprint density at radius 1 is 1.06 bits per heavy atom. The molecule has 0 aliphatic heterocycles. The van der Waals surface area contributed by atoms with Gasteiger partial charge >= 0.3 is 5.97 Å². The van der Waals surface area contributed by atoms with Gasteiger partial charge in [-0.25, -0.2) is 18.2 Å². The van der Waals surface area contributed by atoms with Gasteiger partial charge in [0.2, 0.25) is 0 Å². The number of hydrogen-bond acceptors (Lipinski definition) is 6. The summed E-state index contributed by atoms with van der Waals surface area (Å²) in [5.41, 5.74) is 2.60. The van der Waals surface area contributed by atoms with Crippen molar-refractivity contribution < 1.29 is 22.7 Å². The summed E-state index contributed by atoms with van der Waals surface area (Å²) in [7, 11) is -2.42. The minimum Gasteiger partial charge on any atom is -0.497 e. The number of carbonyl (C=O) groups is 1. The fourth-order valence-corrected chi connectivity index (χ4v) is 4.28. The Morgan fingerprint density at radius 2 is 1.81 bits per heavy atom. The van der Waals surface area contributed by atoms with E-state index in [-0.39, 0.29) is 22.8 Å². The number of nitrogens with zero attached hydrogens (tertiary/aromatic N) is 2. The number of nitrogens with one attached hydrogen (secondary N) is 1. The summed E-state index contributed by atoms with van der Waals surface area (Å²) in [5, 5.41) is 0. The fraction of sp³-hybridized carbons (Fsp3) is 0.130. The average molecular weight is 452 g/mol. The van der Waals surface area contributed by atoms with E-state index in [1.165, 1.54) is 31.4 Å². The molecule has 0 amide bonds. The van der Waals surface area contributed by atoms with Gasteiger partial charge in [-0.3, -0.25) is 4.72 Å².